The van der Waals surface area contributed by atoms with Gasteiger partial charge in [-0.25, -0.2) is 4.98 Å². The molecule has 0 atom stereocenters. The lowest BCUT2D eigenvalue weighted by molar-refractivity contribution is -0.114. The summed E-state index contributed by atoms with van der Waals surface area (Å²) in [6, 6.07) is 34.7. The van der Waals surface area contributed by atoms with E-state index in [2.05, 4.69) is 20.9 Å². The first kappa shape index (κ1) is 33.0. The molecule has 238 valence electrons. The molecule has 7 nitrogen and oxygen atoms in total. The molecule has 1 heterocycles. The quantitative estimate of drug-likeness (QED) is 0.0973. The fourth-order valence-corrected chi connectivity index (χ4v) is 6.46. The molecule has 1 aromatic heterocycles. The Kier molecular flexibility index (Phi) is 10.5. The zero-order valence-corrected chi connectivity index (χ0v) is 28.2. The number of anilines is 2. The minimum Gasteiger partial charge on any atom is -0.321 e. The van der Waals surface area contributed by atoms with Crippen LogP contribution in [0.1, 0.15) is 15.9 Å². The van der Waals surface area contributed by atoms with Crippen molar-refractivity contribution in [3.05, 3.63) is 148 Å². The number of aromatic nitrogens is 1. The number of thioether (sulfide) groups is 1. The van der Waals surface area contributed by atoms with E-state index in [0.29, 0.717) is 32.1 Å². The van der Waals surface area contributed by atoms with Crippen LogP contribution >= 0.6 is 46.3 Å². The second-order valence-electron chi connectivity index (χ2n) is 10.4. The third kappa shape index (κ3) is 8.31. The van der Waals surface area contributed by atoms with Gasteiger partial charge in [-0.3, -0.25) is 14.4 Å². The molecule has 0 saturated heterocycles. The molecule has 0 saturated carbocycles. The van der Waals surface area contributed by atoms with E-state index in [1.165, 1.54) is 23.1 Å². The molecule has 11 heteroatoms. The van der Waals surface area contributed by atoms with Crippen molar-refractivity contribution in [1.29, 1.82) is 0 Å². The first-order valence-corrected chi connectivity index (χ1v) is 17.3. The van der Waals surface area contributed by atoms with Crippen molar-refractivity contribution in [3.63, 3.8) is 0 Å². The zero-order chi connectivity index (χ0) is 33.5. The highest BCUT2D eigenvalue weighted by molar-refractivity contribution is 8.00. The number of halogens is 2. The number of rotatable bonds is 10. The summed E-state index contributed by atoms with van der Waals surface area (Å²) in [5.41, 5.74) is 3.34. The summed E-state index contributed by atoms with van der Waals surface area (Å²) in [5, 5.41) is 13.7. The molecule has 6 aromatic rings. The molecule has 0 aliphatic carbocycles. The Labute approximate surface area is 295 Å². The first-order chi connectivity index (χ1) is 23.3. The largest absolute Gasteiger partial charge is 0.321 e. The van der Waals surface area contributed by atoms with Gasteiger partial charge in [0.05, 0.1) is 21.5 Å². The summed E-state index contributed by atoms with van der Waals surface area (Å²) in [6.07, 6.45) is 1.68. The third-order valence-electron chi connectivity index (χ3n) is 7.10. The Balaban J connectivity index is 1.10. The van der Waals surface area contributed by atoms with Crippen LogP contribution in [0.15, 0.2) is 131 Å². The highest BCUT2D eigenvalue weighted by Crippen LogP contribution is 2.31. The van der Waals surface area contributed by atoms with E-state index in [1.54, 1.807) is 54.6 Å². The Hall–Kier alpha value is -4.93. The number of benzene rings is 5. The summed E-state index contributed by atoms with van der Waals surface area (Å²) in [6.45, 7) is 0. The van der Waals surface area contributed by atoms with E-state index in [4.69, 9.17) is 23.2 Å². The average molecular weight is 710 g/mol. The van der Waals surface area contributed by atoms with Gasteiger partial charge < -0.3 is 16.0 Å². The van der Waals surface area contributed by atoms with Crippen molar-refractivity contribution in [2.75, 3.05) is 16.4 Å². The molecular formula is C37H26Cl2N4O3S2. The highest BCUT2D eigenvalue weighted by atomic mass is 35.5. The summed E-state index contributed by atoms with van der Waals surface area (Å²) in [7, 11) is 0. The summed E-state index contributed by atoms with van der Waals surface area (Å²) >= 11 is 14.8. The SMILES string of the molecule is O=C(CSc1ccc(NC(=O)/C(=C/c2cccc3ccccc23)NC(=O)c2ccccc2)cc1)Nc1nc(-c2ccc(Cl)c(Cl)c2)cs1. The van der Waals surface area contributed by atoms with Gasteiger partial charge in [0, 0.05) is 27.1 Å². The van der Waals surface area contributed by atoms with Gasteiger partial charge in [-0.15, -0.1) is 23.1 Å². The summed E-state index contributed by atoms with van der Waals surface area (Å²) in [4.78, 5) is 44.6. The number of thiazole rings is 1. The average Bonchev–Trinajstić information content (AvgIpc) is 3.57. The van der Waals surface area contributed by atoms with Gasteiger partial charge in [0.2, 0.25) is 5.91 Å². The maximum Gasteiger partial charge on any atom is 0.272 e. The maximum absolute atomic E-state index is 13.5. The lowest BCUT2D eigenvalue weighted by Crippen LogP contribution is -2.30. The third-order valence-corrected chi connectivity index (χ3v) is 9.61. The second-order valence-corrected chi connectivity index (χ2v) is 13.1. The van der Waals surface area contributed by atoms with Crippen LogP contribution in [0, 0.1) is 0 Å². The van der Waals surface area contributed by atoms with Gasteiger partial charge >= 0.3 is 0 Å². The van der Waals surface area contributed by atoms with Gasteiger partial charge in [-0.05, 0) is 70.9 Å². The van der Waals surface area contributed by atoms with E-state index < -0.39 is 11.8 Å². The van der Waals surface area contributed by atoms with Crippen LogP contribution in [0.5, 0.6) is 0 Å². The number of carbonyl (C=O) groups excluding carboxylic acids is 3. The van der Waals surface area contributed by atoms with E-state index in [0.717, 1.165) is 26.8 Å². The summed E-state index contributed by atoms with van der Waals surface area (Å²) < 4.78 is 0. The fourth-order valence-electron chi connectivity index (χ4n) is 4.73. The lowest BCUT2D eigenvalue weighted by atomic mass is 10.0. The van der Waals surface area contributed by atoms with Gasteiger partial charge in [-0.1, -0.05) is 89.9 Å². The van der Waals surface area contributed by atoms with Crippen molar-refractivity contribution in [2.24, 2.45) is 0 Å². The Bertz CT molecular complexity index is 2150. The standard InChI is InChI=1S/C37H26Cl2N4O3S2/c38-30-18-13-26(19-31(30)39)33-21-48-37(42-33)43-34(44)22-47-28-16-14-27(15-17-28)40-36(46)32(41-35(45)24-8-2-1-3-9-24)20-25-11-6-10-23-7-4-5-12-29(23)25/h1-21H,22H2,(H,40,46)(H,41,45)(H,42,43,44)/b32-20-. The van der Waals surface area contributed by atoms with Crippen molar-refractivity contribution in [1.82, 2.24) is 10.3 Å². The number of hydrogen-bond acceptors (Lipinski definition) is 6. The van der Waals surface area contributed by atoms with Crippen molar-refractivity contribution < 1.29 is 14.4 Å². The van der Waals surface area contributed by atoms with Gasteiger partial charge in [0.1, 0.15) is 5.70 Å². The molecule has 0 spiro atoms. The van der Waals surface area contributed by atoms with E-state index >= 15 is 0 Å². The number of hydrogen-bond donors (Lipinski definition) is 3. The maximum atomic E-state index is 13.5. The van der Waals surface area contributed by atoms with Gasteiger partial charge in [0.15, 0.2) is 5.13 Å². The van der Waals surface area contributed by atoms with Gasteiger partial charge in [0.25, 0.3) is 11.8 Å². The predicted molar refractivity (Wildman–Crippen MR) is 198 cm³/mol. The number of fused-ring (bicyclic) bond motifs is 1. The number of carbonyl (C=O) groups is 3. The van der Waals surface area contributed by atoms with E-state index in [1.807, 2.05) is 72.1 Å². The molecule has 3 amide bonds. The lowest BCUT2D eigenvalue weighted by Gasteiger charge is -2.12. The van der Waals surface area contributed by atoms with E-state index in [-0.39, 0.29) is 17.4 Å². The predicted octanol–water partition coefficient (Wildman–Crippen LogP) is 9.41. The van der Waals surface area contributed by atoms with Crippen LogP contribution in [-0.2, 0) is 9.59 Å². The Morgan fingerprint density at radius 3 is 2.33 bits per heavy atom. The second kappa shape index (κ2) is 15.3. The van der Waals surface area contributed by atoms with Crippen LogP contribution in [0.25, 0.3) is 28.1 Å². The zero-order valence-electron chi connectivity index (χ0n) is 25.1. The molecule has 0 unspecified atom stereocenters. The number of nitrogens with one attached hydrogen (secondary N) is 3. The van der Waals surface area contributed by atoms with E-state index in [9.17, 15) is 14.4 Å². The molecule has 48 heavy (non-hydrogen) atoms. The molecule has 0 fully saturated rings. The minimum absolute atomic E-state index is 0.0971. The van der Waals surface area contributed by atoms with Crippen LogP contribution in [0.3, 0.4) is 0 Å². The first-order valence-electron chi connectivity index (χ1n) is 14.6. The van der Waals surface area contributed by atoms with Crippen LogP contribution in [-0.4, -0.2) is 28.5 Å². The molecule has 0 radical (unpaired) electrons. The fraction of sp³-hybridized carbons (Fsp3) is 0.0270. The molecular weight excluding hydrogens is 683 g/mol. The molecule has 5 aromatic carbocycles. The molecule has 0 aliphatic rings. The molecule has 6 rings (SSSR count). The smallest absolute Gasteiger partial charge is 0.272 e. The van der Waals surface area contributed by atoms with Gasteiger partial charge in [-0.2, -0.15) is 0 Å². The van der Waals surface area contributed by atoms with Crippen molar-refractivity contribution in [3.8, 4) is 11.3 Å². The topological polar surface area (TPSA) is 100 Å². The highest BCUT2D eigenvalue weighted by Gasteiger charge is 2.16. The minimum atomic E-state index is -0.476. The van der Waals surface area contributed by atoms with Crippen LogP contribution in [0.2, 0.25) is 10.0 Å². The van der Waals surface area contributed by atoms with Crippen molar-refractivity contribution >= 4 is 91.7 Å². The molecule has 0 aliphatic heterocycles. The normalized spacial score (nSPS) is 11.2. The molecule has 0 bridgehead atoms. The number of amides is 3. The van der Waals surface area contributed by atoms with Crippen LogP contribution in [0.4, 0.5) is 10.8 Å². The van der Waals surface area contributed by atoms with Crippen molar-refractivity contribution in [2.45, 2.75) is 4.90 Å². The Morgan fingerprint density at radius 1 is 0.792 bits per heavy atom. The number of nitrogens with zero attached hydrogens (tertiary/aromatic N) is 1. The monoisotopic (exact) mass is 708 g/mol. The Morgan fingerprint density at radius 2 is 1.54 bits per heavy atom. The summed E-state index contributed by atoms with van der Waals surface area (Å²) in [5.74, 6) is -0.914. The van der Waals surface area contributed by atoms with Crippen LogP contribution < -0.4 is 16.0 Å². The molecule has 3 N–H and O–H groups in total.